The van der Waals surface area contributed by atoms with Crippen LogP contribution in [-0.4, -0.2) is 64.6 Å². The summed E-state index contributed by atoms with van der Waals surface area (Å²) in [4.78, 5) is 62.3. The van der Waals surface area contributed by atoms with Crippen LogP contribution in [0.2, 0.25) is 0 Å². The minimum atomic E-state index is -1.11. The highest BCUT2D eigenvalue weighted by molar-refractivity contribution is 5.94. The number of aryl methyl sites for hydroxylation is 2. The number of nitrogens with two attached hydrogens (primary N) is 1. The Morgan fingerprint density at radius 1 is 0.980 bits per heavy atom. The highest BCUT2D eigenvalue weighted by Crippen LogP contribution is 2.28. The molecule has 0 aliphatic rings. The first-order chi connectivity index (χ1) is 23.6. The van der Waals surface area contributed by atoms with Gasteiger partial charge in [0.1, 0.15) is 28.8 Å². The van der Waals surface area contributed by atoms with E-state index in [1.807, 2.05) is 51.1 Å². The number of hydrogen-bond acceptors (Lipinski definition) is 8. The van der Waals surface area contributed by atoms with Crippen molar-refractivity contribution in [3.63, 3.8) is 0 Å². The number of aromatic nitrogens is 2. The summed E-state index contributed by atoms with van der Waals surface area (Å²) in [6, 6.07) is 16.3. The molecule has 2 atom stereocenters. The number of nitrogens with zero attached hydrogens (tertiary/aromatic N) is 2. The molecule has 2 unspecified atom stereocenters. The number of methoxy groups -OCH3 is 2. The van der Waals surface area contributed by atoms with Gasteiger partial charge in [0.15, 0.2) is 0 Å². The fraction of sp³-hybridized carbons (Fsp3) is 0.342. The molecule has 0 saturated carbocycles. The van der Waals surface area contributed by atoms with Gasteiger partial charge in [0.25, 0.3) is 0 Å². The zero-order valence-electron chi connectivity index (χ0n) is 29.7. The topological polar surface area (TPSA) is 166 Å². The van der Waals surface area contributed by atoms with Gasteiger partial charge in [0, 0.05) is 18.5 Å². The Labute approximate surface area is 292 Å². The number of aromatic amines is 1. The minimum absolute atomic E-state index is 0.0282. The maximum atomic E-state index is 14.9. The van der Waals surface area contributed by atoms with E-state index in [-0.39, 0.29) is 18.5 Å². The number of hydrogen-bond donors (Lipinski definition) is 3. The van der Waals surface area contributed by atoms with E-state index in [4.69, 9.17) is 19.9 Å². The molecule has 4 N–H and O–H groups in total. The second-order valence-electron chi connectivity index (χ2n) is 13.1. The number of alkyl carbamates (subject to hydrolysis) is 1. The summed E-state index contributed by atoms with van der Waals surface area (Å²) in [6.45, 7) is 10.7. The van der Waals surface area contributed by atoms with Gasteiger partial charge in [0.05, 0.1) is 32.2 Å². The van der Waals surface area contributed by atoms with Gasteiger partial charge in [-0.05, 0) is 93.6 Å². The van der Waals surface area contributed by atoms with Crippen LogP contribution >= 0.6 is 0 Å². The van der Waals surface area contributed by atoms with Crippen LogP contribution in [-0.2, 0) is 27.2 Å². The second kappa shape index (κ2) is 15.7. The third-order valence-electron chi connectivity index (χ3n) is 8.23. The summed E-state index contributed by atoms with van der Waals surface area (Å²) < 4.78 is 15.9. The van der Waals surface area contributed by atoms with E-state index < -0.39 is 41.6 Å². The number of primary amides is 1. The van der Waals surface area contributed by atoms with Gasteiger partial charge in [0.2, 0.25) is 11.8 Å². The lowest BCUT2D eigenvalue weighted by molar-refractivity contribution is -0.136. The van der Waals surface area contributed by atoms with Crippen molar-refractivity contribution < 1.29 is 33.4 Å². The number of rotatable bonds is 12. The molecule has 12 nitrogen and oxygen atoms in total. The molecule has 12 heteroatoms. The first-order valence-corrected chi connectivity index (χ1v) is 16.2. The Bertz CT molecular complexity index is 1840. The summed E-state index contributed by atoms with van der Waals surface area (Å²) in [5.41, 5.74) is 9.79. The summed E-state index contributed by atoms with van der Waals surface area (Å²) in [5.74, 6) is -0.772. The molecule has 0 saturated heterocycles. The third kappa shape index (κ3) is 9.07. The van der Waals surface area contributed by atoms with E-state index in [1.54, 1.807) is 62.2 Å². The number of carbonyl (C=O) groups is 4. The first kappa shape index (κ1) is 37.2. The smallest absolute Gasteiger partial charge is 0.408 e. The summed E-state index contributed by atoms with van der Waals surface area (Å²) in [7, 11) is 2.73. The van der Waals surface area contributed by atoms with Crippen molar-refractivity contribution in [3.05, 3.63) is 106 Å². The van der Waals surface area contributed by atoms with Crippen LogP contribution in [0.1, 0.15) is 82.5 Å². The van der Waals surface area contributed by atoms with Gasteiger partial charge in [-0.25, -0.2) is 14.6 Å². The number of benzene rings is 3. The summed E-state index contributed by atoms with van der Waals surface area (Å²) >= 11 is 0. The van der Waals surface area contributed by atoms with Crippen LogP contribution in [0.5, 0.6) is 5.75 Å². The Morgan fingerprint density at radius 2 is 1.64 bits per heavy atom. The van der Waals surface area contributed by atoms with E-state index in [0.29, 0.717) is 22.7 Å². The molecule has 0 bridgehead atoms. The maximum absolute atomic E-state index is 14.9. The quantitative estimate of drug-likeness (QED) is 0.157. The number of amides is 3. The Morgan fingerprint density at radius 3 is 2.22 bits per heavy atom. The molecule has 0 spiro atoms. The van der Waals surface area contributed by atoms with E-state index >= 15 is 0 Å². The number of imidazole rings is 1. The summed E-state index contributed by atoms with van der Waals surface area (Å²) in [5, 5.41) is 2.81. The molecule has 1 heterocycles. The number of carbonyl (C=O) groups excluding carboxylic acids is 4. The van der Waals surface area contributed by atoms with E-state index in [0.717, 1.165) is 27.9 Å². The molecule has 50 heavy (non-hydrogen) atoms. The molecule has 0 aliphatic heterocycles. The maximum Gasteiger partial charge on any atom is 0.408 e. The SMILES string of the molecule is COC(=O)c1cc(CN(C(=O)C(Cc2c(C)cc(C(N)=O)cc2C)NC(=O)OC(C)(C)C)C(C)c2ncc(-c3ccccc3)[nH]2)ccc1OC. The molecule has 4 aromatic rings. The van der Waals surface area contributed by atoms with E-state index in [9.17, 15) is 19.2 Å². The average Bonchev–Trinajstić information content (AvgIpc) is 3.57. The van der Waals surface area contributed by atoms with Crippen LogP contribution in [0.3, 0.4) is 0 Å². The molecule has 264 valence electrons. The van der Waals surface area contributed by atoms with Crippen LogP contribution in [0.4, 0.5) is 4.79 Å². The Kier molecular flexibility index (Phi) is 11.7. The van der Waals surface area contributed by atoms with Crippen molar-refractivity contribution in [1.29, 1.82) is 0 Å². The minimum Gasteiger partial charge on any atom is -0.496 e. The highest BCUT2D eigenvalue weighted by Gasteiger charge is 2.33. The van der Waals surface area contributed by atoms with E-state index in [1.165, 1.54) is 14.2 Å². The molecule has 1 aromatic heterocycles. The average molecular weight is 684 g/mol. The number of H-pyrrole nitrogens is 1. The van der Waals surface area contributed by atoms with Gasteiger partial charge in [-0.3, -0.25) is 9.59 Å². The predicted molar refractivity (Wildman–Crippen MR) is 189 cm³/mol. The largest absolute Gasteiger partial charge is 0.496 e. The molecule has 4 rings (SSSR count). The van der Waals surface area contributed by atoms with Crippen molar-refractivity contribution in [2.24, 2.45) is 5.73 Å². The van der Waals surface area contributed by atoms with Gasteiger partial charge in [-0.2, -0.15) is 0 Å². The van der Waals surface area contributed by atoms with Gasteiger partial charge in [-0.15, -0.1) is 0 Å². The fourth-order valence-electron chi connectivity index (χ4n) is 5.70. The zero-order valence-corrected chi connectivity index (χ0v) is 29.7. The van der Waals surface area contributed by atoms with Crippen LogP contribution in [0, 0.1) is 13.8 Å². The lowest BCUT2D eigenvalue weighted by Crippen LogP contribution is -2.51. The monoisotopic (exact) mass is 683 g/mol. The van der Waals surface area contributed by atoms with Crippen molar-refractivity contribution in [1.82, 2.24) is 20.2 Å². The molecule has 3 amide bonds. The molecule has 0 radical (unpaired) electrons. The summed E-state index contributed by atoms with van der Waals surface area (Å²) in [6.07, 6.45) is 1.02. The van der Waals surface area contributed by atoms with Crippen LogP contribution < -0.4 is 15.8 Å². The number of nitrogens with one attached hydrogen (secondary N) is 2. The van der Waals surface area contributed by atoms with Gasteiger partial charge in [-0.1, -0.05) is 36.4 Å². The normalized spacial score (nSPS) is 12.4. The molecular weight excluding hydrogens is 638 g/mol. The first-order valence-electron chi connectivity index (χ1n) is 16.2. The number of ether oxygens (including phenoxy) is 3. The van der Waals surface area contributed by atoms with Crippen molar-refractivity contribution in [3.8, 4) is 17.0 Å². The number of esters is 1. The van der Waals surface area contributed by atoms with Crippen LogP contribution in [0.25, 0.3) is 11.3 Å². The van der Waals surface area contributed by atoms with Crippen LogP contribution in [0.15, 0.2) is 66.9 Å². The predicted octanol–water partition coefficient (Wildman–Crippen LogP) is 5.81. The highest BCUT2D eigenvalue weighted by atomic mass is 16.6. The second-order valence-corrected chi connectivity index (χ2v) is 13.1. The van der Waals surface area contributed by atoms with Crippen molar-refractivity contribution in [2.45, 2.75) is 72.2 Å². The van der Waals surface area contributed by atoms with Gasteiger partial charge < -0.3 is 35.1 Å². The fourth-order valence-corrected chi connectivity index (χ4v) is 5.70. The molecular formula is C38H45N5O7. The third-order valence-corrected chi connectivity index (χ3v) is 8.23. The van der Waals surface area contributed by atoms with Crippen molar-refractivity contribution >= 4 is 23.9 Å². The molecule has 0 fully saturated rings. The lowest BCUT2D eigenvalue weighted by Gasteiger charge is -2.33. The lowest BCUT2D eigenvalue weighted by atomic mass is 9.93. The molecule has 3 aromatic carbocycles. The molecule has 0 aliphatic carbocycles. The standard InChI is InChI=1S/C38H45N5O7/c1-22-16-27(33(39)44)17-23(2)28(22)19-30(42-37(47)50-38(4,5)6)35(45)43(21-25-14-15-32(48-7)29(18-25)36(46)49-8)24(3)34-40-20-31(41-34)26-12-10-9-11-13-26/h9-18,20,24,30H,19,21H2,1-8H3,(H2,39,44)(H,40,41)(H,42,47). The Balaban J connectivity index is 1.81. The zero-order chi connectivity index (χ0) is 36.7. The van der Waals surface area contributed by atoms with Crippen molar-refractivity contribution in [2.75, 3.05) is 14.2 Å². The Hall–Kier alpha value is -5.65. The van der Waals surface area contributed by atoms with E-state index in [2.05, 4.69) is 15.3 Å². The van der Waals surface area contributed by atoms with Gasteiger partial charge >= 0.3 is 12.1 Å².